The zero-order valence-corrected chi connectivity index (χ0v) is 10.7. The number of benzene rings is 1. The van der Waals surface area contributed by atoms with E-state index in [1.807, 2.05) is 25.1 Å². The van der Waals surface area contributed by atoms with Crippen molar-refractivity contribution in [2.24, 2.45) is 0 Å². The Morgan fingerprint density at radius 3 is 2.83 bits per heavy atom. The Hall–Kier alpha value is -1.55. The molecule has 98 valence electrons. The quantitative estimate of drug-likeness (QED) is 0.800. The summed E-state index contributed by atoms with van der Waals surface area (Å²) in [4.78, 5) is 11.8. The molecule has 1 saturated heterocycles. The Morgan fingerprint density at radius 2 is 2.11 bits per heavy atom. The first kappa shape index (κ1) is 12.9. The first-order valence-corrected chi connectivity index (χ1v) is 6.54. The standard InChI is InChI=1S/C14H20N2O2/c1-2-18-14(17)12-5-3-4-6-13(12)16-11-7-9-15-10-8-11/h3-6,11,15-16H,2,7-10H2,1H3. The van der Waals surface area contributed by atoms with Crippen molar-refractivity contribution in [3.05, 3.63) is 29.8 Å². The molecule has 1 aromatic carbocycles. The first-order chi connectivity index (χ1) is 8.81. The lowest BCUT2D eigenvalue weighted by Gasteiger charge is -2.25. The molecule has 0 saturated carbocycles. The van der Waals surface area contributed by atoms with Crippen LogP contribution >= 0.6 is 0 Å². The Labute approximate surface area is 108 Å². The summed E-state index contributed by atoms with van der Waals surface area (Å²) < 4.78 is 5.07. The number of para-hydroxylation sites is 1. The number of ether oxygens (including phenoxy) is 1. The highest BCUT2D eigenvalue weighted by Crippen LogP contribution is 2.19. The molecular weight excluding hydrogens is 228 g/mol. The fourth-order valence-electron chi connectivity index (χ4n) is 2.18. The third kappa shape index (κ3) is 3.23. The number of anilines is 1. The third-order valence-electron chi connectivity index (χ3n) is 3.12. The fourth-order valence-corrected chi connectivity index (χ4v) is 2.18. The van der Waals surface area contributed by atoms with Gasteiger partial charge in [-0.05, 0) is 45.0 Å². The number of piperidine rings is 1. The molecule has 2 rings (SSSR count). The highest BCUT2D eigenvalue weighted by atomic mass is 16.5. The van der Waals surface area contributed by atoms with Gasteiger partial charge in [-0.25, -0.2) is 4.79 Å². The van der Waals surface area contributed by atoms with Crippen LogP contribution in [0.2, 0.25) is 0 Å². The number of hydrogen-bond donors (Lipinski definition) is 2. The van der Waals surface area contributed by atoms with E-state index in [1.165, 1.54) is 0 Å². The minimum atomic E-state index is -0.255. The molecule has 0 spiro atoms. The lowest BCUT2D eigenvalue weighted by atomic mass is 10.1. The summed E-state index contributed by atoms with van der Waals surface area (Å²) in [5, 5.41) is 6.77. The summed E-state index contributed by atoms with van der Waals surface area (Å²) in [6, 6.07) is 7.98. The number of carbonyl (C=O) groups excluding carboxylic acids is 1. The SMILES string of the molecule is CCOC(=O)c1ccccc1NC1CCNCC1. The van der Waals surface area contributed by atoms with Crippen LogP contribution in [0.1, 0.15) is 30.1 Å². The van der Waals surface area contributed by atoms with Gasteiger partial charge in [0.2, 0.25) is 0 Å². The van der Waals surface area contributed by atoms with E-state index in [0.29, 0.717) is 18.2 Å². The lowest BCUT2D eigenvalue weighted by molar-refractivity contribution is 0.0527. The van der Waals surface area contributed by atoms with Crippen molar-refractivity contribution in [2.75, 3.05) is 25.0 Å². The van der Waals surface area contributed by atoms with E-state index in [0.717, 1.165) is 31.6 Å². The largest absolute Gasteiger partial charge is 0.462 e. The number of hydrogen-bond acceptors (Lipinski definition) is 4. The molecule has 4 nitrogen and oxygen atoms in total. The monoisotopic (exact) mass is 248 g/mol. The Morgan fingerprint density at radius 1 is 1.39 bits per heavy atom. The molecule has 0 radical (unpaired) electrons. The number of nitrogens with one attached hydrogen (secondary N) is 2. The van der Waals surface area contributed by atoms with E-state index < -0.39 is 0 Å². The molecule has 1 heterocycles. The van der Waals surface area contributed by atoms with Gasteiger partial charge in [0.1, 0.15) is 0 Å². The lowest BCUT2D eigenvalue weighted by Crippen LogP contribution is -2.35. The molecule has 4 heteroatoms. The molecule has 0 aliphatic carbocycles. The minimum Gasteiger partial charge on any atom is -0.462 e. The predicted molar refractivity (Wildman–Crippen MR) is 71.9 cm³/mol. The van der Waals surface area contributed by atoms with Crippen LogP contribution in [0.5, 0.6) is 0 Å². The second-order valence-electron chi connectivity index (χ2n) is 4.43. The van der Waals surface area contributed by atoms with E-state index in [2.05, 4.69) is 10.6 Å². The van der Waals surface area contributed by atoms with Gasteiger partial charge in [-0.3, -0.25) is 0 Å². The molecular formula is C14H20N2O2. The maximum Gasteiger partial charge on any atom is 0.340 e. The zero-order chi connectivity index (χ0) is 12.8. The van der Waals surface area contributed by atoms with E-state index in [1.54, 1.807) is 6.07 Å². The molecule has 0 bridgehead atoms. The molecule has 1 aliphatic heterocycles. The number of rotatable bonds is 4. The van der Waals surface area contributed by atoms with Crippen molar-refractivity contribution in [3.63, 3.8) is 0 Å². The van der Waals surface area contributed by atoms with Crippen molar-refractivity contribution >= 4 is 11.7 Å². The van der Waals surface area contributed by atoms with Crippen LogP contribution in [-0.4, -0.2) is 31.7 Å². The topological polar surface area (TPSA) is 50.4 Å². The van der Waals surface area contributed by atoms with Crippen LogP contribution in [0.25, 0.3) is 0 Å². The molecule has 18 heavy (non-hydrogen) atoms. The average molecular weight is 248 g/mol. The van der Waals surface area contributed by atoms with Crippen molar-refractivity contribution < 1.29 is 9.53 Å². The van der Waals surface area contributed by atoms with Gasteiger partial charge in [0.15, 0.2) is 0 Å². The van der Waals surface area contributed by atoms with Gasteiger partial charge in [0, 0.05) is 11.7 Å². The Balaban J connectivity index is 2.08. The maximum absolute atomic E-state index is 11.8. The summed E-state index contributed by atoms with van der Waals surface area (Å²) >= 11 is 0. The van der Waals surface area contributed by atoms with Gasteiger partial charge in [-0.2, -0.15) is 0 Å². The van der Waals surface area contributed by atoms with Gasteiger partial charge in [0.25, 0.3) is 0 Å². The molecule has 1 aromatic rings. The van der Waals surface area contributed by atoms with Gasteiger partial charge in [0.05, 0.1) is 12.2 Å². The first-order valence-electron chi connectivity index (χ1n) is 6.54. The van der Waals surface area contributed by atoms with E-state index in [4.69, 9.17) is 4.74 Å². The van der Waals surface area contributed by atoms with Crippen molar-refractivity contribution in [1.82, 2.24) is 5.32 Å². The number of carbonyl (C=O) groups is 1. The zero-order valence-electron chi connectivity index (χ0n) is 10.7. The fraction of sp³-hybridized carbons (Fsp3) is 0.500. The van der Waals surface area contributed by atoms with Gasteiger partial charge in [-0.1, -0.05) is 12.1 Å². The summed E-state index contributed by atoms with van der Waals surface area (Å²) in [5.74, 6) is -0.255. The van der Waals surface area contributed by atoms with E-state index in [-0.39, 0.29) is 5.97 Å². The van der Waals surface area contributed by atoms with Gasteiger partial charge in [-0.15, -0.1) is 0 Å². The van der Waals surface area contributed by atoms with Crippen LogP contribution in [-0.2, 0) is 4.74 Å². The smallest absolute Gasteiger partial charge is 0.340 e. The van der Waals surface area contributed by atoms with Crippen LogP contribution < -0.4 is 10.6 Å². The molecule has 0 atom stereocenters. The Kier molecular flexibility index (Phi) is 4.59. The second kappa shape index (κ2) is 6.40. The summed E-state index contributed by atoms with van der Waals surface area (Å²) in [5.41, 5.74) is 1.50. The highest BCUT2D eigenvalue weighted by Gasteiger charge is 2.17. The average Bonchev–Trinajstić information content (AvgIpc) is 2.41. The molecule has 0 unspecified atom stereocenters. The van der Waals surface area contributed by atoms with Crippen molar-refractivity contribution in [2.45, 2.75) is 25.8 Å². The van der Waals surface area contributed by atoms with Crippen molar-refractivity contribution in [3.8, 4) is 0 Å². The minimum absolute atomic E-state index is 0.255. The molecule has 1 aliphatic rings. The molecule has 0 amide bonds. The highest BCUT2D eigenvalue weighted by molar-refractivity contribution is 5.95. The summed E-state index contributed by atoms with van der Waals surface area (Å²) in [6.45, 7) is 4.28. The molecule has 0 aromatic heterocycles. The predicted octanol–water partition coefficient (Wildman–Crippen LogP) is 2.03. The second-order valence-corrected chi connectivity index (χ2v) is 4.43. The van der Waals surface area contributed by atoms with Crippen molar-refractivity contribution in [1.29, 1.82) is 0 Å². The summed E-state index contributed by atoms with van der Waals surface area (Å²) in [7, 11) is 0. The van der Waals surface area contributed by atoms with E-state index in [9.17, 15) is 4.79 Å². The van der Waals surface area contributed by atoms with Crippen LogP contribution in [0.3, 0.4) is 0 Å². The number of esters is 1. The van der Waals surface area contributed by atoms with Crippen LogP contribution in [0.4, 0.5) is 5.69 Å². The molecule has 1 fully saturated rings. The van der Waals surface area contributed by atoms with Gasteiger partial charge < -0.3 is 15.4 Å². The third-order valence-corrected chi connectivity index (χ3v) is 3.12. The van der Waals surface area contributed by atoms with E-state index >= 15 is 0 Å². The van der Waals surface area contributed by atoms with Crippen LogP contribution in [0.15, 0.2) is 24.3 Å². The molecule has 2 N–H and O–H groups in total. The van der Waals surface area contributed by atoms with Crippen LogP contribution in [0, 0.1) is 0 Å². The summed E-state index contributed by atoms with van der Waals surface area (Å²) in [6.07, 6.45) is 2.16. The normalized spacial score (nSPS) is 16.3. The van der Waals surface area contributed by atoms with Gasteiger partial charge >= 0.3 is 5.97 Å². The maximum atomic E-state index is 11.8. The Bertz CT molecular complexity index is 401.